The third-order valence-electron chi connectivity index (χ3n) is 4.15. The fraction of sp³-hybridized carbons (Fsp3) is 0.714. The van der Waals surface area contributed by atoms with Gasteiger partial charge in [0.25, 0.3) is 0 Å². The summed E-state index contributed by atoms with van der Waals surface area (Å²) in [4.78, 5) is 46.1. The van der Waals surface area contributed by atoms with E-state index in [1.54, 1.807) is 0 Å². The molecule has 0 saturated carbocycles. The standard InChI is InChI=1S/C21H32N2O9/c1-4-5-6-19(26)22-7-9-28-11-12-29-10-8-23-21(27)18-13-17(30-15(2)24)14-20(32-18)31-16(3)25/h1,17-18,20H,5-14H2,2-3H3,(H,22,26)(H,23,27)/t17-,18?,20+/m0/s1. The van der Waals surface area contributed by atoms with E-state index in [1.807, 2.05) is 0 Å². The molecule has 1 unspecified atom stereocenters. The second kappa shape index (κ2) is 16.0. The van der Waals surface area contributed by atoms with Gasteiger partial charge in [-0.2, -0.15) is 0 Å². The highest BCUT2D eigenvalue weighted by atomic mass is 16.7. The second-order valence-corrected chi connectivity index (χ2v) is 6.94. The van der Waals surface area contributed by atoms with Gasteiger partial charge in [0.05, 0.1) is 26.4 Å². The Hall–Kier alpha value is -2.68. The van der Waals surface area contributed by atoms with Crippen molar-refractivity contribution in [1.29, 1.82) is 0 Å². The number of rotatable bonds is 14. The van der Waals surface area contributed by atoms with Crippen molar-refractivity contribution >= 4 is 23.8 Å². The summed E-state index contributed by atoms with van der Waals surface area (Å²) >= 11 is 0. The lowest BCUT2D eigenvalue weighted by molar-refractivity contribution is -0.219. The van der Waals surface area contributed by atoms with Crippen LogP contribution in [0.1, 0.15) is 39.5 Å². The van der Waals surface area contributed by atoms with E-state index in [0.717, 1.165) is 0 Å². The molecule has 2 N–H and O–H groups in total. The lowest BCUT2D eigenvalue weighted by atomic mass is 10.0. The second-order valence-electron chi connectivity index (χ2n) is 6.94. The maximum absolute atomic E-state index is 12.3. The van der Waals surface area contributed by atoms with Crippen LogP contribution in [0.25, 0.3) is 0 Å². The predicted molar refractivity (Wildman–Crippen MR) is 111 cm³/mol. The van der Waals surface area contributed by atoms with Crippen LogP contribution in [0.15, 0.2) is 0 Å². The Morgan fingerprint density at radius 2 is 1.56 bits per heavy atom. The number of carbonyl (C=O) groups excluding carboxylic acids is 4. The Morgan fingerprint density at radius 1 is 0.938 bits per heavy atom. The Balaban J connectivity index is 2.15. The molecule has 0 spiro atoms. The van der Waals surface area contributed by atoms with E-state index >= 15 is 0 Å². The van der Waals surface area contributed by atoms with Gasteiger partial charge >= 0.3 is 11.9 Å². The summed E-state index contributed by atoms with van der Waals surface area (Å²) < 4.78 is 26.4. The van der Waals surface area contributed by atoms with Crippen molar-refractivity contribution in [1.82, 2.24) is 10.6 Å². The highest BCUT2D eigenvalue weighted by molar-refractivity contribution is 5.81. The van der Waals surface area contributed by atoms with Crippen LogP contribution in [0.3, 0.4) is 0 Å². The molecule has 1 aliphatic rings. The van der Waals surface area contributed by atoms with E-state index < -0.39 is 36.3 Å². The number of esters is 2. The Bertz CT molecular complexity index is 638. The number of hydrogen-bond acceptors (Lipinski definition) is 9. The van der Waals surface area contributed by atoms with Crippen molar-refractivity contribution < 1.29 is 42.9 Å². The normalized spacial score (nSPS) is 20.0. The smallest absolute Gasteiger partial charge is 0.304 e. The summed E-state index contributed by atoms with van der Waals surface area (Å²) in [5.41, 5.74) is 0. The van der Waals surface area contributed by atoms with Gasteiger partial charge in [0.1, 0.15) is 12.2 Å². The van der Waals surface area contributed by atoms with Gasteiger partial charge in [-0.25, -0.2) is 0 Å². The molecule has 0 aromatic heterocycles. The van der Waals surface area contributed by atoms with Gasteiger partial charge in [-0.05, 0) is 0 Å². The number of amides is 2. The Morgan fingerprint density at radius 3 is 2.16 bits per heavy atom. The molecular formula is C21H32N2O9. The molecule has 1 saturated heterocycles. The molecule has 0 aliphatic carbocycles. The average Bonchev–Trinajstić information content (AvgIpc) is 2.72. The number of ether oxygens (including phenoxy) is 5. The predicted octanol–water partition coefficient (Wildman–Crippen LogP) is -0.335. The molecule has 3 atom stereocenters. The lowest BCUT2D eigenvalue weighted by Crippen LogP contribution is -2.47. The van der Waals surface area contributed by atoms with E-state index in [2.05, 4.69) is 16.6 Å². The molecule has 2 amide bonds. The SMILES string of the molecule is C#CCCC(=O)NCCOCCOCCNC(=O)C1C[C@H](OC(C)=O)C[C@H](OC(C)=O)O1. The number of hydrogen-bond donors (Lipinski definition) is 2. The highest BCUT2D eigenvalue weighted by Crippen LogP contribution is 2.23. The molecule has 180 valence electrons. The first kappa shape index (κ1) is 27.4. The summed E-state index contributed by atoms with van der Waals surface area (Å²) in [5.74, 6) is 0.827. The van der Waals surface area contributed by atoms with Crippen LogP contribution in [0.5, 0.6) is 0 Å². The van der Waals surface area contributed by atoms with E-state index in [1.165, 1.54) is 13.8 Å². The zero-order valence-electron chi connectivity index (χ0n) is 18.6. The number of nitrogens with one attached hydrogen (secondary N) is 2. The Kier molecular flexibility index (Phi) is 13.7. The average molecular weight is 456 g/mol. The first-order valence-electron chi connectivity index (χ1n) is 10.4. The topological polar surface area (TPSA) is 138 Å². The molecule has 1 rings (SSSR count). The molecular weight excluding hydrogens is 424 g/mol. The third kappa shape index (κ3) is 12.9. The zero-order valence-corrected chi connectivity index (χ0v) is 18.6. The van der Waals surface area contributed by atoms with E-state index in [9.17, 15) is 19.2 Å². The third-order valence-corrected chi connectivity index (χ3v) is 4.15. The van der Waals surface area contributed by atoms with Crippen molar-refractivity contribution in [3.8, 4) is 12.3 Å². The quantitative estimate of drug-likeness (QED) is 0.204. The number of terminal acetylenes is 1. The molecule has 11 heteroatoms. The lowest BCUT2D eigenvalue weighted by Gasteiger charge is -2.33. The molecule has 1 heterocycles. The zero-order chi connectivity index (χ0) is 23.8. The van der Waals surface area contributed by atoms with Gasteiger partial charge in [-0.1, -0.05) is 0 Å². The van der Waals surface area contributed by atoms with Crippen molar-refractivity contribution in [3.63, 3.8) is 0 Å². The van der Waals surface area contributed by atoms with Crippen molar-refractivity contribution in [2.24, 2.45) is 0 Å². The van der Waals surface area contributed by atoms with E-state index in [0.29, 0.717) is 39.2 Å². The molecule has 0 aromatic carbocycles. The van der Waals surface area contributed by atoms with Crippen LogP contribution in [-0.2, 0) is 42.9 Å². The molecule has 1 fully saturated rings. The minimum Gasteiger partial charge on any atom is -0.462 e. The fourth-order valence-electron chi connectivity index (χ4n) is 2.82. The molecule has 32 heavy (non-hydrogen) atoms. The van der Waals surface area contributed by atoms with E-state index in [4.69, 9.17) is 30.1 Å². The monoisotopic (exact) mass is 456 g/mol. The molecule has 11 nitrogen and oxygen atoms in total. The van der Waals surface area contributed by atoms with Crippen LogP contribution in [0.4, 0.5) is 0 Å². The summed E-state index contributed by atoms with van der Waals surface area (Å²) in [6, 6.07) is 0. The maximum atomic E-state index is 12.3. The minimum atomic E-state index is -0.961. The van der Waals surface area contributed by atoms with Crippen LogP contribution in [0, 0.1) is 12.3 Å². The van der Waals surface area contributed by atoms with Crippen LogP contribution in [0.2, 0.25) is 0 Å². The minimum absolute atomic E-state index is 0.112. The first-order chi connectivity index (χ1) is 15.3. The highest BCUT2D eigenvalue weighted by Gasteiger charge is 2.36. The van der Waals surface area contributed by atoms with E-state index in [-0.39, 0.29) is 31.9 Å². The van der Waals surface area contributed by atoms with Crippen LogP contribution < -0.4 is 10.6 Å². The number of carbonyl (C=O) groups is 4. The van der Waals surface area contributed by atoms with Gasteiger partial charge in [-0.15, -0.1) is 12.3 Å². The maximum Gasteiger partial charge on any atom is 0.304 e. The summed E-state index contributed by atoms with van der Waals surface area (Å²) in [7, 11) is 0. The van der Waals surface area contributed by atoms with Crippen LogP contribution in [-0.4, -0.2) is 81.8 Å². The van der Waals surface area contributed by atoms with Crippen molar-refractivity contribution in [2.45, 2.75) is 58.0 Å². The van der Waals surface area contributed by atoms with Gasteiger partial charge in [-0.3, -0.25) is 19.2 Å². The molecule has 1 aliphatic heterocycles. The van der Waals surface area contributed by atoms with Gasteiger partial charge < -0.3 is 34.3 Å². The van der Waals surface area contributed by atoms with Crippen molar-refractivity contribution in [2.75, 3.05) is 39.5 Å². The summed E-state index contributed by atoms with van der Waals surface area (Å²) in [6.45, 7) is 4.40. The molecule has 0 bridgehead atoms. The van der Waals surface area contributed by atoms with Gasteiger partial charge in [0.15, 0.2) is 0 Å². The van der Waals surface area contributed by atoms with Gasteiger partial charge in [0.2, 0.25) is 18.1 Å². The largest absolute Gasteiger partial charge is 0.462 e. The first-order valence-corrected chi connectivity index (χ1v) is 10.4. The fourth-order valence-corrected chi connectivity index (χ4v) is 2.82. The Labute approximate surface area is 187 Å². The van der Waals surface area contributed by atoms with Crippen molar-refractivity contribution in [3.05, 3.63) is 0 Å². The molecule has 0 aromatic rings. The van der Waals surface area contributed by atoms with Crippen LogP contribution >= 0.6 is 0 Å². The summed E-state index contributed by atoms with van der Waals surface area (Å²) in [5, 5.41) is 5.35. The summed E-state index contributed by atoms with van der Waals surface area (Å²) in [6.07, 6.45) is 3.66. The van der Waals surface area contributed by atoms with Gasteiger partial charge in [0, 0.05) is 52.6 Å². The molecule has 0 radical (unpaired) electrons.